The normalized spacial score (nSPS) is 18.4. The lowest BCUT2D eigenvalue weighted by atomic mass is 9.88. The minimum Gasteiger partial charge on any atom is -0.489 e. The molecular weight excluding hydrogens is 468 g/mol. The highest BCUT2D eigenvalue weighted by Crippen LogP contribution is 2.24. The van der Waals surface area contributed by atoms with Crippen molar-refractivity contribution in [3.63, 3.8) is 0 Å². The Morgan fingerprint density at radius 2 is 1.86 bits per heavy atom. The van der Waals surface area contributed by atoms with Crippen LogP contribution in [-0.2, 0) is 11.4 Å². The minimum atomic E-state index is -0.536. The lowest BCUT2D eigenvalue weighted by Crippen LogP contribution is -2.56. The fourth-order valence-corrected chi connectivity index (χ4v) is 4.98. The Labute approximate surface area is 218 Å². The molecule has 4 rings (SSSR count). The number of para-hydroxylation sites is 1. The first-order valence-electron chi connectivity index (χ1n) is 12.7. The van der Waals surface area contributed by atoms with Crippen molar-refractivity contribution in [2.24, 2.45) is 11.3 Å². The average Bonchev–Trinajstić information content (AvgIpc) is 2.87. The number of aromatic nitrogens is 1. The second-order valence-corrected chi connectivity index (χ2v) is 11.0. The van der Waals surface area contributed by atoms with E-state index in [2.05, 4.69) is 36.0 Å². The monoisotopic (exact) mass is 504 g/mol. The number of aryl methyl sites for hydroxylation is 1. The fourth-order valence-electron chi connectivity index (χ4n) is 4.98. The summed E-state index contributed by atoms with van der Waals surface area (Å²) >= 11 is 0. The number of nitrogens with one attached hydrogen (secondary N) is 2. The predicted octanol–water partition coefficient (Wildman–Crippen LogP) is 4.09. The Morgan fingerprint density at radius 3 is 2.57 bits per heavy atom. The van der Waals surface area contributed by atoms with Crippen LogP contribution < -0.4 is 15.5 Å². The molecule has 0 unspecified atom stereocenters. The maximum absolute atomic E-state index is 13.0. The molecular formula is C29H36N4O4. The zero-order valence-corrected chi connectivity index (χ0v) is 22.0. The van der Waals surface area contributed by atoms with E-state index < -0.39 is 11.8 Å². The van der Waals surface area contributed by atoms with Crippen molar-refractivity contribution in [1.82, 2.24) is 20.7 Å². The van der Waals surface area contributed by atoms with Crippen molar-refractivity contribution in [2.75, 3.05) is 19.6 Å². The van der Waals surface area contributed by atoms with Crippen LogP contribution in [0.3, 0.4) is 0 Å². The number of benzene rings is 2. The SMILES string of the molecule is Cc1cc(COc2ccc(C(=O)N[C@@H]3CCN(CC(C)(C)C)C[C@@H]3C(=O)NO)cc2)c2ccccc2n1. The molecule has 0 saturated carbocycles. The Bertz CT molecular complexity index is 1250. The Kier molecular flexibility index (Phi) is 8.10. The van der Waals surface area contributed by atoms with E-state index in [0.29, 0.717) is 30.9 Å². The first-order chi connectivity index (χ1) is 17.6. The van der Waals surface area contributed by atoms with Crippen molar-refractivity contribution >= 4 is 22.7 Å². The molecule has 196 valence electrons. The van der Waals surface area contributed by atoms with Crippen molar-refractivity contribution < 1.29 is 19.5 Å². The van der Waals surface area contributed by atoms with E-state index in [9.17, 15) is 14.8 Å². The Morgan fingerprint density at radius 1 is 1.14 bits per heavy atom. The largest absolute Gasteiger partial charge is 0.489 e. The van der Waals surface area contributed by atoms with Crippen LogP contribution in [0.2, 0.25) is 0 Å². The molecule has 0 bridgehead atoms. The summed E-state index contributed by atoms with van der Waals surface area (Å²) in [4.78, 5) is 32.2. The molecule has 2 aromatic carbocycles. The molecule has 37 heavy (non-hydrogen) atoms. The first-order valence-corrected chi connectivity index (χ1v) is 12.7. The molecule has 1 fully saturated rings. The third-order valence-electron chi connectivity index (χ3n) is 6.60. The summed E-state index contributed by atoms with van der Waals surface area (Å²) in [7, 11) is 0. The number of hydroxylamine groups is 1. The summed E-state index contributed by atoms with van der Waals surface area (Å²) in [5.74, 6) is -0.617. The van der Waals surface area contributed by atoms with Gasteiger partial charge in [-0.3, -0.25) is 19.8 Å². The molecule has 2 amide bonds. The number of pyridine rings is 1. The van der Waals surface area contributed by atoms with Crippen LogP contribution in [0.1, 0.15) is 48.8 Å². The molecule has 0 radical (unpaired) electrons. The van der Waals surface area contributed by atoms with Crippen molar-refractivity contribution in [3.05, 3.63) is 71.4 Å². The summed E-state index contributed by atoms with van der Waals surface area (Å²) < 4.78 is 6.01. The number of ether oxygens (including phenoxy) is 1. The zero-order chi connectivity index (χ0) is 26.6. The molecule has 3 aromatic rings. The van der Waals surface area contributed by atoms with Crippen LogP contribution in [0.4, 0.5) is 0 Å². The molecule has 3 N–H and O–H groups in total. The van der Waals surface area contributed by atoms with Crippen molar-refractivity contribution in [1.29, 1.82) is 0 Å². The highest BCUT2D eigenvalue weighted by molar-refractivity contribution is 5.95. The lowest BCUT2D eigenvalue weighted by molar-refractivity contribution is -0.136. The number of rotatable bonds is 7. The van der Waals surface area contributed by atoms with Gasteiger partial charge in [-0.05, 0) is 55.2 Å². The van der Waals surface area contributed by atoms with Gasteiger partial charge in [0.25, 0.3) is 5.91 Å². The maximum Gasteiger partial charge on any atom is 0.251 e. The minimum absolute atomic E-state index is 0.0868. The number of likely N-dealkylation sites (tertiary alicyclic amines) is 1. The summed E-state index contributed by atoms with van der Waals surface area (Å²) in [6, 6.07) is 16.6. The van der Waals surface area contributed by atoms with Gasteiger partial charge in [0.2, 0.25) is 5.91 Å². The van der Waals surface area contributed by atoms with E-state index in [-0.39, 0.29) is 17.4 Å². The predicted molar refractivity (Wildman–Crippen MR) is 142 cm³/mol. The second-order valence-electron chi connectivity index (χ2n) is 11.0. The van der Waals surface area contributed by atoms with Crippen molar-refractivity contribution in [2.45, 2.75) is 46.8 Å². The summed E-state index contributed by atoms with van der Waals surface area (Å²) in [5.41, 5.74) is 5.26. The van der Waals surface area contributed by atoms with E-state index in [0.717, 1.165) is 35.2 Å². The third kappa shape index (κ3) is 6.84. The van der Waals surface area contributed by atoms with E-state index in [1.807, 2.05) is 37.3 Å². The van der Waals surface area contributed by atoms with Gasteiger partial charge in [0.15, 0.2) is 0 Å². The lowest BCUT2D eigenvalue weighted by Gasteiger charge is -2.40. The molecule has 2 heterocycles. The smallest absolute Gasteiger partial charge is 0.251 e. The van der Waals surface area contributed by atoms with Gasteiger partial charge < -0.3 is 15.0 Å². The molecule has 0 spiro atoms. The van der Waals surface area contributed by atoms with Gasteiger partial charge in [-0.25, -0.2) is 5.48 Å². The van der Waals surface area contributed by atoms with Gasteiger partial charge in [0.05, 0.1) is 11.4 Å². The molecule has 8 heteroatoms. The number of hydrogen-bond acceptors (Lipinski definition) is 6. The fraction of sp³-hybridized carbons (Fsp3) is 0.414. The quantitative estimate of drug-likeness (QED) is 0.331. The van der Waals surface area contributed by atoms with Crippen LogP contribution in [-0.4, -0.2) is 52.6 Å². The number of carbonyl (C=O) groups is 2. The first kappa shape index (κ1) is 26.6. The average molecular weight is 505 g/mol. The number of amides is 2. The van der Waals surface area contributed by atoms with E-state index in [1.165, 1.54) is 0 Å². The highest BCUT2D eigenvalue weighted by Gasteiger charge is 2.36. The topological polar surface area (TPSA) is 104 Å². The van der Waals surface area contributed by atoms with Crippen LogP contribution >= 0.6 is 0 Å². The van der Waals surface area contributed by atoms with E-state index in [4.69, 9.17) is 4.74 Å². The summed E-state index contributed by atoms with van der Waals surface area (Å²) in [6.45, 7) is 10.9. The zero-order valence-electron chi connectivity index (χ0n) is 22.0. The molecule has 1 aliphatic heterocycles. The number of hydrogen-bond donors (Lipinski definition) is 3. The van der Waals surface area contributed by atoms with Crippen LogP contribution in [0, 0.1) is 18.3 Å². The van der Waals surface area contributed by atoms with Gasteiger partial charge in [-0.2, -0.15) is 0 Å². The molecule has 0 aliphatic carbocycles. The number of carbonyl (C=O) groups excluding carboxylic acids is 2. The summed E-state index contributed by atoms with van der Waals surface area (Å²) in [5, 5.41) is 13.3. The Balaban J connectivity index is 1.38. The van der Waals surface area contributed by atoms with Crippen LogP contribution in [0.25, 0.3) is 10.9 Å². The third-order valence-corrected chi connectivity index (χ3v) is 6.60. The number of fused-ring (bicyclic) bond motifs is 1. The van der Waals surface area contributed by atoms with E-state index in [1.54, 1.807) is 29.7 Å². The van der Waals surface area contributed by atoms with Crippen LogP contribution in [0.15, 0.2) is 54.6 Å². The highest BCUT2D eigenvalue weighted by atomic mass is 16.5. The molecule has 1 saturated heterocycles. The Hall–Kier alpha value is -3.49. The maximum atomic E-state index is 13.0. The molecule has 2 atom stereocenters. The summed E-state index contributed by atoms with van der Waals surface area (Å²) in [6.07, 6.45) is 0.625. The van der Waals surface area contributed by atoms with Gasteiger partial charge in [0.1, 0.15) is 12.4 Å². The molecule has 1 aliphatic rings. The van der Waals surface area contributed by atoms with Gasteiger partial charge in [-0.15, -0.1) is 0 Å². The molecule has 1 aromatic heterocycles. The van der Waals surface area contributed by atoms with Gasteiger partial charge in [-0.1, -0.05) is 39.0 Å². The van der Waals surface area contributed by atoms with E-state index >= 15 is 0 Å². The van der Waals surface area contributed by atoms with Gasteiger partial charge in [0, 0.05) is 47.9 Å². The van der Waals surface area contributed by atoms with Crippen molar-refractivity contribution in [3.8, 4) is 5.75 Å². The second kappa shape index (κ2) is 11.3. The molecule has 8 nitrogen and oxygen atoms in total. The number of piperidine rings is 1. The standard InChI is InChI=1S/C29H36N4O4/c1-19-15-21(23-7-5-6-8-25(23)30-19)17-37-22-11-9-20(10-12-22)27(34)31-26-13-14-33(18-29(2,3)4)16-24(26)28(35)32-36/h5-12,15,24,26,36H,13-14,16-18H2,1-4H3,(H,31,34)(H,32,35)/t24-,26+/m0/s1. The van der Waals surface area contributed by atoms with Crippen LogP contribution in [0.5, 0.6) is 5.75 Å². The number of nitrogens with zero attached hydrogens (tertiary/aromatic N) is 2. The van der Waals surface area contributed by atoms with Gasteiger partial charge >= 0.3 is 0 Å².